The van der Waals surface area contributed by atoms with E-state index in [2.05, 4.69) is 15.3 Å². The Kier molecular flexibility index (Phi) is 5.73. The van der Waals surface area contributed by atoms with E-state index in [0.717, 1.165) is 52.7 Å². The quantitative estimate of drug-likeness (QED) is 0.616. The molecule has 0 atom stereocenters. The van der Waals surface area contributed by atoms with Crippen LogP contribution in [0.2, 0.25) is 0 Å². The van der Waals surface area contributed by atoms with Crippen LogP contribution in [0.4, 0.5) is 5.82 Å². The van der Waals surface area contributed by atoms with E-state index in [-0.39, 0.29) is 11.6 Å². The summed E-state index contributed by atoms with van der Waals surface area (Å²) in [6.45, 7) is 0. The van der Waals surface area contributed by atoms with Crippen LogP contribution in [-0.2, 0) is 27.5 Å². The number of anilines is 1. The Balaban J connectivity index is 1.72. The molecule has 2 heterocycles. The summed E-state index contributed by atoms with van der Waals surface area (Å²) >= 11 is 0. The van der Waals surface area contributed by atoms with Crippen molar-refractivity contribution in [1.82, 2.24) is 9.97 Å². The molecule has 2 aromatic heterocycles. The molecule has 4 rings (SSSR count). The maximum Gasteiger partial charge on any atom is 0.240 e. The molecule has 31 heavy (non-hydrogen) atoms. The lowest BCUT2D eigenvalue weighted by Gasteiger charge is -2.12. The SMILES string of the molecule is CS(=O)(=O)CC(=O)Nc1cc(-c2[nH]c3c(c2Cc2ccccc2)C(=O)CCC3)ccn1. The number of aryl methyl sites for hydroxylation is 1. The largest absolute Gasteiger partial charge is 0.358 e. The number of benzene rings is 1. The van der Waals surface area contributed by atoms with Gasteiger partial charge in [-0.15, -0.1) is 0 Å². The molecule has 7 nitrogen and oxygen atoms in total. The number of hydrogen-bond acceptors (Lipinski definition) is 5. The number of carbonyl (C=O) groups excluding carboxylic acids is 2. The van der Waals surface area contributed by atoms with Crippen LogP contribution in [0.15, 0.2) is 48.7 Å². The third-order valence-corrected chi connectivity index (χ3v) is 6.01. The molecule has 1 aliphatic rings. The number of H-pyrrole nitrogens is 1. The molecular weight excluding hydrogens is 414 g/mol. The topological polar surface area (TPSA) is 109 Å². The number of pyridine rings is 1. The zero-order valence-corrected chi connectivity index (χ0v) is 18.0. The van der Waals surface area contributed by atoms with Gasteiger partial charge in [-0.3, -0.25) is 9.59 Å². The van der Waals surface area contributed by atoms with Gasteiger partial charge >= 0.3 is 0 Å². The fraction of sp³-hybridized carbons (Fsp3) is 0.261. The van der Waals surface area contributed by atoms with Crippen molar-refractivity contribution in [3.05, 3.63) is 71.0 Å². The number of fused-ring (bicyclic) bond motifs is 1. The average Bonchev–Trinajstić information content (AvgIpc) is 3.07. The monoisotopic (exact) mass is 437 g/mol. The summed E-state index contributed by atoms with van der Waals surface area (Å²) in [7, 11) is -3.44. The van der Waals surface area contributed by atoms with E-state index in [4.69, 9.17) is 0 Å². The molecule has 0 saturated heterocycles. The Morgan fingerprint density at radius 2 is 1.94 bits per heavy atom. The minimum atomic E-state index is -3.44. The molecule has 0 bridgehead atoms. The van der Waals surface area contributed by atoms with Crippen LogP contribution in [0, 0.1) is 0 Å². The first-order valence-corrected chi connectivity index (χ1v) is 12.1. The van der Waals surface area contributed by atoms with E-state index in [1.807, 2.05) is 36.4 Å². The fourth-order valence-corrected chi connectivity index (χ4v) is 4.51. The molecule has 8 heteroatoms. The summed E-state index contributed by atoms with van der Waals surface area (Å²) in [5.41, 5.74) is 5.34. The van der Waals surface area contributed by atoms with Crippen molar-refractivity contribution in [1.29, 1.82) is 0 Å². The predicted molar refractivity (Wildman–Crippen MR) is 119 cm³/mol. The van der Waals surface area contributed by atoms with E-state index in [1.165, 1.54) is 0 Å². The number of sulfone groups is 1. The summed E-state index contributed by atoms with van der Waals surface area (Å²) in [4.78, 5) is 32.3. The van der Waals surface area contributed by atoms with Gasteiger partial charge in [0.25, 0.3) is 0 Å². The van der Waals surface area contributed by atoms with Crippen molar-refractivity contribution in [2.45, 2.75) is 25.7 Å². The van der Waals surface area contributed by atoms with E-state index < -0.39 is 21.5 Å². The molecule has 1 amide bonds. The first-order chi connectivity index (χ1) is 14.8. The summed E-state index contributed by atoms with van der Waals surface area (Å²) < 4.78 is 22.7. The Morgan fingerprint density at radius 1 is 1.16 bits per heavy atom. The summed E-state index contributed by atoms with van der Waals surface area (Å²) in [5, 5.41) is 2.54. The number of rotatable bonds is 6. The van der Waals surface area contributed by atoms with E-state index >= 15 is 0 Å². The minimum absolute atomic E-state index is 0.144. The highest BCUT2D eigenvalue weighted by atomic mass is 32.2. The van der Waals surface area contributed by atoms with Crippen molar-refractivity contribution in [2.24, 2.45) is 0 Å². The van der Waals surface area contributed by atoms with Gasteiger partial charge in [0.2, 0.25) is 5.91 Å². The van der Waals surface area contributed by atoms with Gasteiger partial charge in [-0.05, 0) is 36.1 Å². The van der Waals surface area contributed by atoms with Gasteiger partial charge in [0, 0.05) is 42.1 Å². The zero-order valence-electron chi connectivity index (χ0n) is 17.1. The summed E-state index contributed by atoms with van der Waals surface area (Å²) in [6, 6.07) is 13.4. The van der Waals surface area contributed by atoms with Gasteiger partial charge in [0.15, 0.2) is 15.6 Å². The van der Waals surface area contributed by atoms with E-state index in [1.54, 1.807) is 12.3 Å². The second-order valence-electron chi connectivity index (χ2n) is 7.82. The van der Waals surface area contributed by atoms with Crippen LogP contribution in [0.1, 0.15) is 40.0 Å². The van der Waals surface area contributed by atoms with Crippen molar-refractivity contribution in [3.63, 3.8) is 0 Å². The second-order valence-corrected chi connectivity index (χ2v) is 9.96. The van der Waals surface area contributed by atoms with Crippen LogP contribution < -0.4 is 5.32 Å². The number of nitrogens with zero attached hydrogens (tertiary/aromatic N) is 1. The number of aromatic amines is 1. The number of nitrogens with one attached hydrogen (secondary N) is 2. The molecule has 0 aliphatic heterocycles. The van der Waals surface area contributed by atoms with Crippen molar-refractivity contribution in [2.75, 3.05) is 17.3 Å². The van der Waals surface area contributed by atoms with Crippen molar-refractivity contribution >= 4 is 27.3 Å². The molecular formula is C23H23N3O4S. The lowest BCUT2D eigenvalue weighted by atomic mass is 9.90. The van der Waals surface area contributed by atoms with Crippen LogP contribution in [0.3, 0.4) is 0 Å². The maximum atomic E-state index is 12.7. The number of aromatic nitrogens is 2. The Labute approximate surface area is 180 Å². The van der Waals surface area contributed by atoms with Gasteiger partial charge in [-0.25, -0.2) is 13.4 Å². The number of Topliss-reactive ketones (excluding diaryl/α,β-unsaturated/α-hetero) is 1. The van der Waals surface area contributed by atoms with Crippen LogP contribution in [-0.4, -0.2) is 42.1 Å². The number of amides is 1. The smallest absolute Gasteiger partial charge is 0.240 e. The third kappa shape index (κ3) is 4.91. The molecule has 3 aromatic rings. The van der Waals surface area contributed by atoms with Gasteiger partial charge in [0.1, 0.15) is 11.6 Å². The van der Waals surface area contributed by atoms with Gasteiger partial charge in [0.05, 0.1) is 5.69 Å². The number of carbonyl (C=O) groups is 2. The highest BCUT2D eigenvalue weighted by molar-refractivity contribution is 7.91. The second kappa shape index (κ2) is 8.47. The molecule has 0 saturated carbocycles. The molecule has 0 radical (unpaired) electrons. The molecule has 160 valence electrons. The average molecular weight is 438 g/mol. The lowest BCUT2D eigenvalue weighted by Crippen LogP contribution is -2.22. The highest BCUT2D eigenvalue weighted by Gasteiger charge is 2.26. The van der Waals surface area contributed by atoms with Gasteiger partial charge < -0.3 is 10.3 Å². The summed E-state index contributed by atoms with van der Waals surface area (Å²) in [6.07, 6.45) is 5.33. The molecule has 2 N–H and O–H groups in total. The molecule has 1 aromatic carbocycles. The zero-order chi connectivity index (χ0) is 22.0. The minimum Gasteiger partial charge on any atom is -0.358 e. The Morgan fingerprint density at radius 3 is 2.68 bits per heavy atom. The van der Waals surface area contributed by atoms with Crippen LogP contribution in [0.5, 0.6) is 0 Å². The Bertz CT molecular complexity index is 1250. The lowest BCUT2D eigenvalue weighted by molar-refractivity contribution is -0.113. The predicted octanol–water partition coefficient (Wildman–Crippen LogP) is 3.17. The van der Waals surface area contributed by atoms with Crippen LogP contribution in [0.25, 0.3) is 11.3 Å². The third-order valence-electron chi connectivity index (χ3n) is 5.22. The van der Waals surface area contributed by atoms with Gasteiger partial charge in [-0.2, -0.15) is 0 Å². The van der Waals surface area contributed by atoms with Crippen LogP contribution >= 0.6 is 0 Å². The molecule has 0 spiro atoms. The van der Waals surface area contributed by atoms with E-state index in [9.17, 15) is 18.0 Å². The van der Waals surface area contributed by atoms with Crippen molar-refractivity contribution in [3.8, 4) is 11.3 Å². The molecule has 0 unspecified atom stereocenters. The summed E-state index contributed by atoms with van der Waals surface area (Å²) in [5.74, 6) is -0.845. The number of ketones is 1. The molecule has 0 fully saturated rings. The fourth-order valence-electron chi connectivity index (χ4n) is 3.97. The highest BCUT2D eigenvalue weighted by Crippen LogP contribution is 2.35. The van der Waals surface area contributed by atoms with E-state index in [0.29, 0.717) is 12.8 Å². The first-order valence-electron chi connectivity index (χ1n) is 10.0. The first kappa shape index (κ1) is 21.0. The van der Waals surface area contributed by atoms with Gasteiger partial charge in [-0.1, -0.05) is 30.3 Å². The maximum absolute atomic E-state index is 12.7. The normalized spacial score (nSPS) is 13.6. The molecule has 1 aliphatic carbocycles. The number of hydrogen-bond donors (Lipinski definition) is 2. The Hall–Kier alpha value is -3.26. The van der Waals surface area contributed by atoms with Crippen molar-refractivity contribution < 1.29 is 18.0 Å². The standard InChI is InChI=1S/C23H23N3O4S/c1-31(29,30)14-21(28)26-20-13-16(10-11-24-20)23-17(12-15-6-3-2-4-7-15)22-18(25-23)8-5-9-19(22)27/h2-4,6-7,10-11,13,25H,5,8-9,12,14H2,1H3,(H,24,26,28).